The van der Waals surface area contributed by atoms with Crippen LogP contribution in [0, 0.1) is 6.92 Å². The van der Waals surface area contributed by atoms with Crippen LogP contribution >= 0.6 is 11.6 Å². The molecule has 26 heavy (non-hydrogen) atoms. The number of amides is 1. The molecule has 5 nitrogen and oxygen atoms in total. The molecule has 0 saturated heterocycles. The second kappa shape index (κ2) is 7.97. The monoisotopic (exact) mass is 366 g/mol. The van der Waals surface area contributed by atoms with Gasteiger partial charge in [0.15, 0.2) is 0 Å². The second-order valence-electron chi connectivity index (χ2n) is 5.84. The molecule has 6 heteroatoms. The van der Waals surface area contributed by atoms with Crippen molar-refractivity contribution in [3.05, 3.63) is 76.6 Å². The number of anilines is 3. The topological polar surface area (TPSA) is 66.9 Å². The molecule has 132 valence electrons. The van der Waals surface area contributed by atoms with Gasteiger partial charge in [-0.3, -0.25) is 4.79 Å². The highest BCUT2D eigenvalue weighted by Crippen LogP contribution is 2.23. The summed E-state index contributed by atoms with van der Waals surface area (Å²) in [5, 5.41) is 6.55. The van der Waals surface area contributed by atoms with E-state index in [2.05, 4.69) is 39.7 Å². The van der Waals surface area contributed by atoms with E-state index in [1.807, 2.05) is 19.1 Å². The highest BCUT2D eigenvalue weighted by molar-refractivity contribution is 6.31. The SMILES string of the molecule is CCc1ccc(Nc2ncc(C(=O)Nc3cccc(Cl)c3C)cn2)cc1. The van der Waals surface area contributed by atoms with Gasteiger partial charge in [0.05, 0.1) is 5.56 Å². The van der Waals surface area contributed by atoms with Gasteiger partial charge in [-0.05, 0) is 48.7 Å². The fraction of sp³-hybridized carbons (Fsp3) is 0.150. The van der Waals surface area contributed by atoms with Gasteiger partial charge in [0.25, 0.3) is 5.91 Å². The van der Waals surface area contributed by atoms with E-state index in [0.717, 1.165) is 17.7 Å². The van der Waals surface area contributed by atoms with E-state index in [0.29, 0.717) is 22.2 Å². The number of carbonyl (C=O) groups excluding carboxylic acids is 1. The zero-order chi connectivity index (χ0) is 18.5. The maximum atomic E-state index is 12.4. The van der Waals surface area contributed by atoms with Crippen molar-refractivity contribution >= 4 is 34.8 Å². The van der Waals surface area contributed by atoms with Crippen molar-refractivity contribution in [2.24, 2.45) is 0 Å². The van der Waals surface area contributed by atoms with E-state index in [4.69, 9.17) is 11.6 Å². The summed E-state index contributed by atoms with van der Waals surface area (Å²) in [6.07, 6.45) is 3.97. The fourth-order valence-electron chi connectivity index (χ4n) is 2.40. The molecule has 1 heterocycles. The van der Waals surface area contributed by atoms with E-state index in [9.17, 15) is 4.79 Å². The number of carbonyl (C=O) groups is 1. The van der Waals surface area contributed by atoms with Crippen LogP contribution in [0.25, 0.3) is 0 Å². The van der Waals surface area contributed by atoms with Gasteiger partial charge in [-0.25, -0.2) is 9.97 Å². The first-order valence-electron chi connectivity index (χ1n) is 8.31. The Morgan fingerprint density at radius 1 is 1.08 bits per heavy atom. The Balaban J connectivity index is 1.68. The number of aromatic nitrogens is 2. The van der Waals surface area contributed by atoms with Gasteiger partial charge in [-0.2, -0.15) is 0 Å². The van der Waals surface area contributed by atoms with Gasteiger partial charge < -0.3 is 10.6 Å². The molecule has 0 bridgehead atoms. The minimum absolute atomic E-state index is 0.283. The van der Waals surface area contributed by atoms with Crippen molar-refractivity contribution in [3.63, 3.8) is 0 Å². The molecule has 2 aromatic carbocycles. The quantitative estimate of drug-likeness (QED) is 0.667. The number of hydrogen-bond donors (Lipinski definition) is 2. The van der Waals surface area contributed by atoms with Gasteiger partial charge in [0, 0.05) is 28.8 Å². The summed E-state index contributed by atoms with van der Waals surface area (Å²) in [6.45, 7) is 3.96. The summed E-state index contributed by atoms with van der Waals surface area (Å²) in [5.41, 5.74) is 4.02. The first-order chi connectivity index (χ1) is 12.6. The maximum absolute atomic E-state index is 12.4. The number of hydrogen-bond acceptors (Lipinski definition) is 4. The molecule has 2 N–H and O–H groups in total. The second-order valence-corrected chi connectivity index (χ2v) is 6.24. The number of nitrogens with one attached hydrogen (secondary N) is 2. The molecule has 0 atom stereocenters. The largest absolute Gasteiger partial charge is 0.324 e. The molecular formula is C20H19ClN4O. The average Bonchev–Trinajstić information content (AvgIpc) is 2.66. The zero-order valence-electron chi connectivity index (χ0n) is 14.6. The van der Waals surface area contributed by atoms with E-state index >= 15 is 0 Å². The Hall–Kier alpha value is -2.92. The highest BCUT2D eigenvalue weighted by atomic mass is 35.5. The van der Waals surface area contributed by atoms with Crippen LogP contribution in [0.2, 0.25) is 5.02 Å². The molecule has 1 aromatic heterocycles. The lowest BCUT2D eigenvalue weighted by Gasteiger charge is -2.10. The van der Waals surface area contributed by atoms with Gasteiger partial charge in [0.1, 0.15) is 0 Å². The maximum Gasteiger partial charge on any atom is 0.258 e. The van der Waals surface area contributed by atoms with Crippen LogP contribution in [0.15, 0.2) is 54.9 Å². The Bertz CT molecular complexity index is 908. The predicted molar refractivity (Wildman–Crippen MR) is 105 cm³/mol. The van der Waals surface area contributed by atoms with Crippen LogP contribution in [-0.2, 0) is 6.42 Å². The van der Waals surface area contributed by atoms with Crippen LogP contribution in [0.3, 0.4) is 0 Å². The molecule has 0 aliphatic rings. The number of nitrogens with zero attached hydrogens (tertiary/aromatic N) is 2. The minimum Gasteiger partial charge on any atom is -0.324 e. The van der Waals surface area contributed by atoms with Crippen LogP contribution in [0.4, 0.5) is 17.3 Å². The molecule has 3 rings (SSSR count). The van der Waals surface area contributed by atoms with Crippen LogP contribution in [0.5, 0.6) is 0 Å². The average molecular weight is 367 g/mol. The number of halogens is 1. The molecule has 0 saturated carbocycles. The van der Waals surface area contributed by atoms with Gasteiger partial charge >= 0.3 is 0 Å². The van der Waals surface area contributed by atoms with Crippen molar-refractivity contribution in [3.8, 4) is 0 Å². The molecule has 0 fully saturated rings. The Morgan fingerprint density at radius 3 is 2.42 bits per heavy atom. The van der Waals surface area contributed by atoms with E-state index < -0.39 is 0 Å². The van der Waals surface area contributed by atoms with Crippen molar-refractivity contribution in [1.29, 1.82) is 0 Å². The lowest BCUT2D eigenvalue weighted by Crippen LogP contribution is -2.14. The third kappa shape index (κ3) is 4.18. The number of benzene rings is 2. The first-order valence-corrected chi connectivity index (χ1v) is 8.69. The van der Waals surface area contributed by atoms with Crippen LogP contribution < -0.4 is 10.6 Å². The summed E-state index contributed by atoms with van der Waals surface area (Å²) in [7, 11) is 0. The molecule has 0 aliphatic carbocycles. The fourth-order valence-corrected chi connectivity index (χ4v) is 2.57. The molecule has 0 unspecified atom stereocenters. The zero-order valence-corrected chi connectivity index (χ0v) is 15.3. The van der Waals surface area contributed by atoms with Gasteiger partial charge in [0.2, 0.25) is 5.95 Å². The lowest BCUT2D eigenvalue weighted by atomic mass is 10.1. The third-order valence-electron chi connectivity index (χ3n) is 4.05. The van der Waals surface area contributed by atoms with E-state index in [1.165, 1.54) is 18.0 Å². The molecule has 0 spiro atoms. The Kier molecular flexibility index (Phi) is 5.49. The summed E-state index contributed by atoms with van der Waals surface area (Å²) in [4.78, 5) is 20.8. The molecule has 0 radical (unpaired) electrons. The lowest BCUT2D eigenvalue weighted by molar-refractivity contribution is 0.102. The van der Waals surface area contributed by atoms with Crippen molar-refractivity contribution < 1.29 is 4.79 Å². The molecule has 3 aromatic rings. The summed E-state index contributed by atoms with van der Waals surface area (Å²) >= 11 is 6.08. The summed E-state index contributed by atoms with van der Waals surface area (Å²) in [5.74, 6) is 0.152. The summed E-state index contributed by atoms with van der Waals surface area (Å²) in [6, 6.07) is 13.4. The third-order valence-corrected chi connectivity index (χ3v) is 4.46. The normalized spacial score (nSPS) is 10.4. The minimum atomic E-state index is -0.283. The number of aryl methyl sites for hydroxylation is 1. The van der Waals surface area contributed by atoms with E-state index in [1.54, 1.807) is 18.2 Å². The van der Waals surface area contributed by atoms with Crippen LogP contribution in [-0.4, -0.2) is 15.9 Å². The standard InChI is InChI=1S/C20H19ClN4O/c1-3-14-7-9-16(10-8-14)24-20-22-11-15(12-23-20)19(26)25-18-6-4-5-17(21)13(18)2/h4-12H,3H2,1-2H3,(H,25,26)(H,22,23,24). The number of rotatable bonds is 5. The van der Waals surface area contributed by atoms with Crippen LogP contribution in [0.1, 0.15) is 28.4 Å². The van der Waals surface area contributed by atoms with E-state index in [-0.39, 0.29) is 5.91 Å². The van der Waals surface area contributed by atoms with Crippen molar-refractivity contribution in [2.75, 3.05) is 10.6 Å². The summed E-state index contributed by atoms with van der Waals surface area (Å²) < 4.78 is 0. The molecular weight excluding hydrogens is 348 g/mol. The van der Waals surface area contributed by atoms with Crippen molar-refractivity contribution in [1.82, 2.24) is 9.97 Å². The molecule has 1 amide bonds. The van der Waals surface area contributed by atoms with Gasteiger partial charge in [-0.1, -0.05) is 36.7 Å². The predicted octanol–water partition coefficient (Wildman–Crippen LogP) is 5.00. The van der Waals surface area contributed by atoms with Crippen molar-refractivity contribution in [2.45, 2.75) is 20.3 Å². The first kappa shape index (κ1) is 17.9. The smallest absolute Gasteiger partial charge is 0.258 e. The Labute approximate surface area is 157 Å². The Morgan fingerprint density at radius 2 is 1.77 bits per heavy atom. The van der Waals surface area contributed by atoms with Gasteiger partial charge in [-0.15, -0.1) is 0 Å². The highest BCUT2D eigenvalue weighted by Gasteiger charge is 2.10. The molecule has 0 aliphatic heterocycles.